The minimum absolute atomic E-state index is 0.0857. The van der Waals surface area contributed by atoms with E-state index in [9.17, 15) is 10.2 Å². The van der Waals surface area contributed by atoms with Gasteiger partial charge in [0.25, 0.3) is 0 Å². The molecular weight excluding hydrogens is 238 g/mol. The fourth-order valence-electron chi connectivity index (χ4n) is 3.94. The zero-order valence-corrected chi connectivity index (χ0v) is 12.2. The van der Waals surface area contributed by atoms with E-state index < -0.39 is 11.8 Å². The molecular formula is C16H31NO2. The third kappa shape index (κ3) is 4.17. The highest BCUT2D eigenvalue weighted by Crippen LogP contribution is 2.34. The van der Waals surface area contributed by atoms with Crippen LogP contribution in [-0.4, -0.2) is 22.0 Å². The summed E-state index contributed by atoms with van der Waals surface area (Å²) in [6.45, 7) is 0. The van der Waals surface area contributed by atoms with Crippen molar-refractivity contribution in [2.75, 3.05) is 0 Å². The normalized spacial score (nSPS) is 27.9. The molecule has 0 aromatic carbocycles. The van der Waals surface area contributed by atoms with Gasteiger partial charge in [-0.2, -0.15) is 0 Å². The fraction of sp³-hybridized carbons (Fsp3) is 1.00. The molecule has 0 aliphatic heterocycles. The number of nitrogens with two attached hydrogens (primary N) is 1. The fourth-order valence-corrected chi connectivity index (χ4v) is 3.94. The van der Waals surface area contributed by atoms with Crippen LogP contribution in [0, 0.1) is 11.8 Å². The van der Waals surface area contributed by atoms with Crippen molar-refractivity contribution in [3.05, 3.63) is 0 Å². The molecule has 3 nitrogen and oxygen atoms in total. The Bertz CT molecular complexity index is 255. The van der Waals surface area contributed by atoms with Gasteiger partial charge in [0.15, 0.2) is 0 Å². The third-order valence-corrected chi connectivity index (χ3v) is 5.37. The summed E-state index contributed by atoms with van der Waals surface area (Å²) >= 11 is 0. The summed E-state index contributed by atoms with van der Waals surface area (Å²) in [7, 11) is 0. The Morgan fingerprint density at radius 1 is 0.947 bits per heavy atom. The molecule has 112 valence electrons. The first-order valence-corrected chi connectivity index (χ1v) is 8.30. The van der Waals surface area contributed by atoms with E-state index in [0.29, 0.717) is 6.42 Å². The van der Waals surface area contributed by atoms with E-state index in [2.05, 4.69) is 0 Å². The Hall–Kier alpha value is -0.120. The smallest absolute Gasteiger partial charge is 0.142 e. The summed E-state index contributed by atoms with van der Waals surface area (Å²) in [6.07, 6.45) is 13.0. The molecule has 0 aromatic rings. The molecule has 0 heterocycles. The molecule has 0 saturated heterocycles. The highest BCUT2D eigenvalue weighted by atomic mass is 16.4. The van der Waals surface area contributed by atoms with Gasteiger partial charge in [0.1, 0.15) is 5.72 Å². The van der Waals surface area contributed by atoms with Crippen LogP contribution in [-0.2, 0) is 0 Å². The first kappa shape index (κ1) is 15.3. The molecule has 2 aliphatic carbocycles. The maximum Gasteiger partial charge on any atom is 0.142 e. The van der Waals surface area contributed by atoms with Crippen molar-refractivity contribution in [1.29, 1.82) is 0 Å². The van der Waals surface area contributed by atoms with Gasteiger partial charge in [-0.15, -0.1) is 0 Å². The van der Waals surface area contributed by atoms with Crippen molar-refractivity contribution in [3.63, 3.8) is 0 Å². The van der Waals surface area contributed by atoms with Crippen molar-refractivity contribution in [3.8, 4) is 0 Å². The van der Waals surface area contributed by atoms with E-state index >= 15 is 0 Å². The molecule has 0 amide bonds. The SMILES string of the molecule is NC(O)(C(O)CCC1CCCCC1)C1CCCCC1. The van der Waals surface area contributed by atoms with Gasteiger partial charge in [-0.1, -0.05) is 51.4 Å². The molecule has 3 heteroatoms. The summed E-state index contributed by atoms with van der Waals surface area (Å²) in [5.41, 5.74) is 4.69. The maximum atomic E-state index is 10.5. The van der Waals surface area contributed by atoms with Crippen LogP contribution < -0.4 is 5.73 Å². The van der Waals surface area contributed by atoms with Crippen LogP contribution in [0.5, 0.6) is 0 Å². The van der Waals surface area contributed by atoms with Crippen LogP contribution in [0.25, 0.3) is 0 Å². The lowest BCUT2D eigenvalue weighted by Crippen LogP contribution is -2.57. The highest BCUT2D eigenvalue weighted by Gasteiger charge is 2.39. The molecule has 0 spiro atoms. The zero-order chi connectivity index (χ0) is 13.7. The molecule has 0 radical (unpaired) electrons. The molecule has 0 aromatic heterocycles. The monoisotopic (exact) mass is 269 g/mol. The van der Waals surface area contributed by atoms with Gasteiger partial charge in [-0.3, -0.25) is 0 Å². The summed E-state index contributed by atoms with van der Waals surface area (Å²) in [5.74, 6) is 0.827. The van der Waals surface area contributed by atoms with Crippen LogP contribution in [0.1, 0.15) is 77.0 Å². The molecule has 2 atom stereocenters. The van der Waals surface area contributed by atoms with Gasteiger partial charge in [0.2, 0.25) is 0 Å². The predicted molar refractivity (Wildman–Crippen MR) is 77.5 cm³/mol. The van der Waals surface area contributed by atoms with Crippen LogP contribution >= 0.6 is 0 Å². The number of hydrogen-bond donors (Lipinski definition) is 3. The van der Waals surface area contributed by atoms with Gasteiger partial charge in [-0.25, -0.2) is 0 Å². The summed E-state index contributed by atoms with van der Waals surface area (Å²) < 4.78 is 0. The second-order valence-electron chi connectivity index (χ2n) is 6.82. The van der Waals surface area contributed by atoms with Gasteiger partial charge in [-0.05, 0) is 31.6 Å². The molecule has 19 heavy (non-hydrogen) atoms. The molecule has 2 aliphatic rings. The average molecular weight is 269 g/mol. The Morgan fingerprint density at radius 2 is 1.47 bits per heavy atom. The number of aliphatic hydroxyl groups is 2. The van der Waals surface area contributed by atoms with Gasteiger partial charge in [0, 0.05) is 5.92 Å². The van der Waals surface area contributed by atoms with Gasteiger partial charge < -0.3 is 15.9 Å². The van der Waals surface area contributed by atoms with Gasteiger partial charge >= 0.3 is 0 Å². The average Bonchev–Trinajstić information content (AvgIpc) is 2.46. The summed E-state index contributed by atoms with van der Waals surface area (Å²) in [4.78, 5) is 0. The minimum Gasteiger partial charge on any atom is -0.389 e. The van der Waals surface area contributed by atoms with Crippen LogP contribution in [0.3, 0.4) is 0 Å². The quantitative estimate of drug-likeness (QED) is 0.672. The third-order valence-electron chi connectivity index (χ3n) is 5.37. The molecule has 2 saturated carbocycles. The van der Waals surface area contributed by atoms with E-state index in [0.717, 1.165) is 38.0 Å². The predicted octanol–water partition coefficient (Wildman–Crippen LogP) is 2.94. The Morgan fingerprint density at radius 3 is 2.05 bits per heavy atom. The second-order valence-corrected chi connectivity index (χ2v) is 6.82. The van der Waals surface area contributed by atoms with E-state index in [1.807, 2.05) is 0 Å². The molecule has 2 unspecified atom stereocenters. The van der Waals surface area contributed by atoms with Crippen LogP contribution in [0.15, 0.2) is 0 Å². The van der Waals surface area contributed by atoms with Crippen molar-refractivity contribution in [1.82, 2.24) is 0 Å². The van der Waals surface area contributed by atoms with Crippen molar-refractivity contribution in [2.45, 2.75) is 88.9 Å². The van der Waals surface area contributed by atoms with Crippen molar-refractivity contribution < 1.29 is 10.2 Å². The summed E-state index contributed by atoms with van der Waals surface area (Å²) in [5, 5.41) is 20.7. The topological polar surface area (TPSA) is 66.5 Å². The molecule has 4 N–H and O–H groups in total. The lowest BCUT2D eigenvalue weighted by Gasteiger charge is -2.39. The van der Waals surface area contributed by atoms with E-state index in [1.54, 1.807) is 0 Å². The highest BCUT2D eigenvalue weighted by molar-refractivity contribution is 4.89. The molecule has 2 fully saturated rings. The zero-order valence-electron chi connectivity index (χ0n) is 12.2. The Balaban J connectivity index is 1.77. The van der Waals surface area contributed by atoms with E-state index in [1.165, 1.54) is 38.5 Å². The number of rotatable bonds is 5. The standard InChI is InChI=1S/C16H31NO2/c17-16(19,14-9-5-2-6-10-14)15(18)12-11-13-7-3-1-4-8-13/h13-15,18-19H,1-12,17H2. The first-order valence-electron chi connectivity index (χ1n) is 8.30. The van der Waals surface area contributed by atoms with Crippen LogP contribution in [0.4, 0.5) is 0 Å². The summed E-state index contributed by atoms with van der Waals surface area (Å²) in [6, 6.07) is 0. The number of hydrogen-bond acceptors (Lipinski definition) is 3. The maximum absolute atomic E-state index is 10.5. The van der Waals surface area contributed by atoms with E-state index in [-0.39, 0.29) is 5.92 Å². The Kier molecular flexibility index (Phi) is 5.67. The lowest BCUT2D eigenvalue weighted by molar-refractivity contribution is -0.122. The van der Waals surface area contributed by atoms with Gasteiger partial charge in [0.05, 0.1) is 6.10 Å². The number of aliphatic hydroxyl groups excluding tert-OH is 1. The molecule has 2 rings (SSSR count). The molecule has 0 bridgehead atoms. The first-order chi connectivity index (χ1) is 9.10. The lowest BCUT2D eigenvalue weighted by atomic mass is 9.77. The Labute approximate surface area is 117 Å². The second kappa shape index (κ2) is 7.05. The minimum atomic E-state index is -1.37. The largest absolute Gasteiger partial charge is 0.389 e. The van der Waals surface area contributed by atoms with Crippen molar-refractivity contribution in [2.24, 2.45) is 17.6 Å². The van der Waals surface area contributed by atoms with E-state index in [4.69, 9.17) is 5.73 Å². The van der Waals surface area contributed by atoms with Crippen molar-refractivity contribution >= 4 is 0 Å². The van der Waals surface area contributed by atoms with Crippen LogP contribution in [0.2, 0.25) is 0 Å².